The van der Waals surface area contributed by atoms with E-state index in [0.29, 0.717) is 170 Å². The van der Waals surface area contributed by atoms with Gasteiger partial charge < -0.3 is 133 Å². The third kappa shape index (κ3) is 45.7. The molecular weight excluding hydrogens is 1450 g/mol. The maximum atomic E-state index is 13.6. The molecule has 0 aliphatic heterocycles. The lowest BCUT2D eigenvalue weighted by Crippen LogP contribution is -2.16. The van der Waals surface area contributed by atoms with E-state index < -0.39 is 23.9 Å². The number of hydrogen-bond donors (Lipinski definition) is 0. The Bertz CT molecular complexity index is 2720. The van der Waals surface area contributed by atoms with Crippen molar-refractivity contribution < 1.29 is 152 Å². The minimum Gasteiger partial charge on any atom is -0.487 e. The van der Waals surface area contributed by atoms with Gasteiger partial charge in [0.25, 0.3) is 0 Å². The van der Waals surface area contributed by atoms with E-state index in [0.717, 1.165) is 0 Å². The Balaban J connectivity index is 1.29. The van der Waals surface area contributed by atoms with Gasteiger partial charge in [-0.3, -0.25) is 0 Å². The Morgan fingerprint density at radius 1 is 0.218 bits per heavy atom. The first kappa shape index (κ1) is 94.8. The summed E-state index contributed by atoms with van der Waals surface area (Å²) in [4.78, 5) is 53.4. The molecule has 0 aliphatic rings. The van der Waals surface area contributed by atoms with Crippen LogP contribution in [-0.2, 0) is 104 Å². The third-order valence-electron chi connectivity index (χ3n) is 14.2. The normalized spacial score (nSPS) is 11.3. The zero-order chi connectivity index (χ0) is 78.6. The summed E-state index contributed by atoms with van der Waals surface area (Å²) in [6, 6.07) is 18.5. The molecule has 0 fully saturated rings. The molecule has 0 saturated heterocycles. The number of nitrogens with zero attached hydrogens (tertiary/aromatic N) is 2. The summed E-state index contributed by atoms with van der Waals surface area (Å²) in [5.74, 6) is -1.42. The quantitative estimate of drug-likeness (QED) is 0.0181. The first-order chi connectivity index (χ1) is 54.1. The van der Waals surface area contributed by atoms with Gasteiger partial charge in [0.2, 0.25) is 11.5 Å². The predicted octanol–water partition coefficient (Wildman–Crippen LogP) is 7.26. The number of azo groups is 1. The van der Waals surface area contributed by atoms with Gasteiger partial charge in [0.05, 0.1) is 258 Å². The molecule has 4 rings (SSSR count). The molecule has 110 heavy (non-hydrogen) atoms. The highest BCUT2D eigenvalue weighted by Gasteiger charge is 2.23. The zero-order valence-electron chi connectivity index (χ0n) is 64.6. The van der Waals surface area contributed by atoms with Crippen LogP contribution in [0.5, 0.6) is 34.5 Å². The third-order valence-corrected chi connectivity index (χ3v) is 14.2. The van der Waals surface area contributed by atoms with Crippen molar-refractivity contribution in [3.8, 4) is 34.5 Å². The van der Waals surface area contributed by atoms with Crippen LogP contribution in [0.2, 0.25) is 0 Å². The molecule has 0 spiro atoms. The number of rotatable bonds is 74. The van der Waals surface area contributed by atoms with Gasteiger partial charge in [0.1, 0.15) is 39.6 Å². The van der Waals surface area contributed by atoms with E-state index in [1.807, 2.05) is 0 Å². The molecule has 0 N–H and O–H groups in total. The Kier molecular flexibility index (Phi) is 57.0. The molecule has 0 saturated carbocycles. The van der Waals surface area contributed by atoms with E-state index in [9.17, 15) is 19.2 Å². The monoisotopic (exact) mass is 1570 g/mol. The molecule has 0 amide bonds. The fraction of sp³-hybridized carbons (Fsp3) is 0.632. The maximum Gasteiger partial charge on any atom is 0.338 e. The first-order valence-electron chi connectivity index (χ1n) is 36.5. The summed E-state index contributed by atoms with van der Waals surface area (Å²) in [5, 5.41) is 8.53. The maximum absolute atomic E-state index is 13.6. The largest absolute Gasteiger partial charge is 0.487 e. The summed E-state index contributed by atoms with van der Waals surface area (Å²) in [5.41, 5.74) is 1.57. The molecule has 0 unspecified atom stereocenters. The van der Waals surface area contributed by atoms with E-state index in [4.69, 9.17) is 133 Å². The summed E-state index contributed by atoms with van der Waals surface area (Å²) in [6.45, 7) is 10.9. The number of hydrogen-bond acceptors (Lipinski definition) is 34. The van der Waals surface area contributed by atoms with E-state index in [-0.39, 0.29) is 175 Å². The smallest absolute Gasteiger partial charge is 0.338 e. The van der Waals surface area contributed by atoms with Gasteiger partial charge in [-0.15, -0.1) is 0 Å². The van der Waals surface area contributed by atoms with E-state index in [2.05, 4.69) is 10.2 Å². The van der Waals surface area contributed by atoms with Crippen LogP contribution < -0.4 is 28.4 Å². The van der Waals surface area contributed by atoms with Gasteiger partial charge in [-0.25, -0.2) is 19.2 Å². The van der Waals surface area contributed by atoms with Crippen molar-refractivity contribution in [1.82, 2.24) is 0 Å². The summed E-state index contributed by atoms with van der Waals surface area (Å²) in [7, 11) is 9.57. The fourth-order valence-electron chi connectivity index (χ4n) is 8.69. The second-order valence-electron chi connectivity index (χ2n) is 22.5. The molecule has 620 valence electrons. The number of methoxy groups -OCH3 is 6. The molecule has 0 atom stereocenters. The molecule has 4 aromatic carbocycles. The molecular formula is C76H114N2O32. The van der Waals surface area contributed by atoms with Gasteiger partial charge in [-0.2, -0.15) is 10.2 Å². The second kappa shape index (κ2) is 66.1. The van der Waals surface area contributed by atoms with Gasteiger partial charge in [0.15, 0.2) is 23.0 Å². The second-order valence-corrected chi connectivity index (χ2v) is 22.5. The van der Waals surface area contributed by atoms with Crippen LogP contribution >= 0.6 is 0 Å². The van der Waals surface area contributed by atoms with Crippen LogP contribution in [0.15, 0.2) is 83.0 Å². The predicted molar refractivity (Wildman–Crippen MR) is 394 cm³/mol. The molecule has 0 aromatic heterocycles. The van der Waals surface area contributed by atoms with Gasteiger partial charge in [-0.1, -0.05) is 0 Å². The molecule has 0 heterocycles. The van der Waals surface area contributed by atoms with Crippen LogP contribution in [0.25, 0.3) is 0 Å². The van der Waals surface area contributed by atoms with Gasteiger partial charge in [0, 0.05) is 55.5 Å². The van der Waals surface area contributed by atoms with Crippen molar-refractivity contribution in [1.29, 1.82) is 0 Å². The Morgan fingerprint density at radius 3 is 0.609 bits per heavy atom. The average Bonchev–Trinajstić information content (AvgIpc) is 0.821. The Labute approximate surface area is 644 Å². The highest BCUT2D eigenvalue weighted by molar-refractivity contribution is 5.92. The number of benzene rings is 4. The standard InChI is InChI=1S/C76H114N2O32/c1-83-21-27-89-33-39-95-45-51-101-67-57-63(58-68(102-52-46-96-40-34-90-28-22-84-2)71(67)105-55-49-99-43-37-93-31-25-87-5)75(81)109-19-7-17-107-73(79)61-9-13-65(14-10-61)77-78-66-15-11-62(12-16-66)74(80)108-18-8-20-110-76(82)64-59-69(103-53-47-97-41-35-91-29-23-85-3)72(106-56-50-100-44-38-94-32-26-88-6)70(60-64)104-54-48-98-42-36-92-30-24-86-4/h9-16,57-60H,7-8,17-56H2,1-6H3. The highest BCUT2D eigenvalue weighted by atomic mass is 16.6. The molecule has 0 radical (unpaired) electrons. The van der Waals surface area contributed by atoms with Crippen molar-refractivity contribution in [2.24, 2.45) is 10.2 Å². The lowest BCUT2D eigenvalue weighted by atomic mass is 10.2. The lowest BCUT2D eigenvalue weighted by molar-refractivity contribution is 0.0146. The van der Waals surface area contributed by atoms with Crippen LogP contribution in [-0.4, -0.2) is 331 Å². The molecule has 4 aromatic rings. The van der Waals surface area contributed by atoms with Crippen molar-refractivity contribution in [2.75, 3.05) is 307 Å². The van der Waals surface area contributed by atoms with Crippen molar-refractivity contribution in [2.45, 2.75) is 12.8 Å². The van der Waals surface area contributed by atoms with Crippen molar-refractivity contribution in [3.05, 3.63) is 95.1 Å². The summed E-state index contributed by atoms with van der Waals surface area (Å²) >= 11 is 0. The number of carbonyl (C=O) groups is 4. The van der Waals surface area contributed by atoms with Crippen LogP contribution in [0, 0.1) is 0 Å². The number of ether oxygens (including phenoxy) is 28. The van der Waals surface area contributed by atoms with Gasteiger partial charge in [-0.05, 0) is 72.8 Å². The molecule has 0 aliphatic carbocycles. The van der Waals surface area contributed by atoms with E-state index in [1.165, 1.54) is 48.5 Å². The van der Waals surface area contributed by atoms with Crippen molar-refractivity contribution >= 4 is 35.3 Å². The number of esters is 4. The Hall–Kier alpha value is -7.56. The van der Waals surface area contributed by atoms with Crippen LogP contribution in [0.1, 0.15) is 54.3 Å². The molecule has 34 nitrogen and oxygen atoms in total. The van der Waals surface area contributed by atoms with E-state index >= 15 is 0 Å². The summed E-state index contributed by atoms with van der Waals surface area (Å²) in [6.07, 6.45) is 0.356. The zero-order valence-corrected chi connectivity index (χ0v) is 64.6. The van der Waals surface area contributed by atoms with E-state index in [1.54, 1.807) is 66.9 Å². The molecule has 0 bridgehead atoms. The minimum absolute atomic E-state index is 0.0643. The highest BCUT2D eigenvalue weighted by Crippen LogP contribution is 2.41. The van der Waals surface area contributed by atoms with Crippen LogP contribution in [0.3, 0.4) is 0 Å². The topological polar surface area (TPSA) is 351 Å². The first-order valence-corrected chi connectivity index (χ1v) is 36.5. The molecule has 34 heteroatoms. The van der Waals surface area contributed by atoms with Crippen molar-refractivity contribution in [3.63, 3.8) is 0 Å². The minimum atomic E-state index is -0.699. The SMILES string of the molecule is COCCOCCOCCOc1cc(C(=O)OCCCOC(=O)c2ccc(N=Nc3ccc(C(=O)OCCCOC(=O)c4cc(OCCOCCOCCOC)c(OCCOCCOCCOC)c(OCCOCCOCCOC)c4)cc3)cc2)cc(OCCOCCOCCOC)c1OCCOCCOCCOC. The average molecular weight is 1570 g/mol. The lowest BCUT2D eigenvalue weighted by Gasteiger charge is -2.19. The fourth-order valence-corrected chi connectivity index (χ4v) is 8.69. The number of carbonyl (C=O) groups excluding carboxylic acids is 4. The summed E-state index contributed by atoms with van der Waals surface area (Å²) < 4.78 is 156. The Morgan fingerprint density at radius 2 is 0.400 bits per heavy atom. The van der Waals surface area contributed by atoms with Crippen LogP contribution in [0.4, 0.5) is 11.4 Å². The van der Waals surface area contributed by atoms with Gasteiger partial charge >= 0.3 is 23.9 Å².